The van der Waals surface area contributed by atoms with Crippen LogP contribution in [0.25, 0.3) is 5.76 Å². The first kappa shape index (κ1) is 33.6. The molecule has 0 saturated heterocycles. The molecule has 5 atom stereocenters. The van der Waals surface area contributed by atoms with Crippen LogP contribution in [0.2, 0.25) is 0 Å². The fraction of sp³-hybridized carbons (Fsp3) is 0.355. The Bertz CT molecular complexity index is 1880. The van der Waals surface area contributed by atoms with Crippen molar-refractivity contribution in [2.75, 3.05) is 26.1 Å². The van der Waals surface area contributed by atoms with E-state index in [-0.39, 0.29) is 29.1 Å². The van der Waals surface area contributed by atoms with E-state index in [9.17, 15) is 53.1 Å². The average molecular weight is 671 g/mol. The molecule has 2 aromatic carbocycles. The molecule has 5 rings (SSSR count). The topological polar surface area (TPSA) is 243 Å². The van der Waals surface area contributed by atoms with Gasteiger partial charge in [-0.15, -0.1) is 0 Å². The first-order valence-corrected chi connectivity index (χ1v) is 15.9. The minimum absolute atomic E-state index is 0.127. The minimum atomic E-state index is -4.07. The normalized spacial score (nSPS) is 27.2. The number of anilines is 1. The van der Waals surface area contributed by atoms with Crippen LogP contribution in [-0.2, 0) is 34.8 Å². The zero-order valence-corrected chi connectivity index (χ0v) is 26.5. The summed E-state index contributed by atoms with van der Waals surface area (Å²) in [6, 6.07) is 7.97. The van der Waals surface area contributed by atoms with Crippen molar-refractivity contribution < 1.29 is 53.1 Å². The Hall–Kier alpha value is -4.77. The Balaban J connectivity index is 1.47. The van der Waals surface area contributed by atoms with E-state index >= 15 is 0 Å². The van der Waals surface area contributed by atoms with Crippen molar-refractivity contribution in [3.05, 3.63) is 70.5 Å². The first-order chi connectivity index (χ1) is 21.8. The SMILES string of the molecule is CC(=O)NS(=O)(=O)c1ccc(NCNC(=O)C2=C(O)C3(O)C(=O)C4=C(O)c5c(O)cccc5C(C)(O)C4CC3C(N(C)C)C2=O)cc1. The molecule has 0 radical (unpaired) electrons. The second-order valence-corrected chi connectivity index (χ2v) is 13.8. The lowest BCUT2D eigenvalue weighted by Crippen LogP contribution is -2.67. The van der Waals surface area contributed by atoms with Crippen molar-refractivity contribution >= 4 is 44.9 Å². The van der Waals surface area contributed by atoms with Crippen LogP contribution in [0.4, 0.5) is 5.69 Å². The lowest BCUT2D eigenvalue weighted by molar-refractivity contribution is -0.159. The number of rotatable bonds is 7. The fourth-order valence-corrected chi connectivity index (χ4v) is 7.79. The van der Waals surface area contributed by atoms with Crippen molar-refractivity contribution in [2.45, 2.75) is 42.4 Å². The van der Waals surface area contributed by atoms with Crippen LogP contribution in [-0.4, -0.2) is 94.6 Å². The summed E-state index contributed by atoms with van der Waals surface area (Å²) in [5.41, 5.74) is -5.83. The summed E-state index contributed by atoms with van der Waals surface area (Å²) in [6.45, 7) is 2.08. The largest absolute Gasteiger partial charge is 0.508 e. The van der Waals surface area contributed by atoms with Crippen molar-refractivity contribution in [3.63, 3.8) is 0 Å². The van der Waals surface area contributed by atoms with E-state index in [4.69, 9.17) is 0 Å². The second-order valence-electron chi connectivity index (χ2n) is 12.1. The van der Waals surface area contributed by atoms with Crippen LogP contribution in [0.3, 0.4) is 0 Å². The zero-order valence-electron chi connectivity index (χ0n) is 25.7. The van der Waals surface area contributed by atoms with Crippen LogP contribution in [0.1, 0.15) is 31.4 Å². The number of hydrogen-bond acceptors (Lipinski definition) is 13. The molecule has 0 bridgehead atoms. The van der Waals surface area contributed by atoms with Crippen LogP contribution in [0.15, 0.2) is 64.3 Å². The van der Waals surface area contributed by atoms with Gasteiger partial charge in [-0.05, 0) is 63.3 Å². The number of carbonyl (C=O) groups is 4. The van der Waals surface area contributed by atoms with Crippen molar-refractivity contribution in [1.82, 2.24) is 14.9 Å². The number of carbonyl (C=O) groups excluding carboxylic acids is 4. The van der Waals surface area contributed by atoms with Crippen LogP contribution < -0.4 is 15.4 Å². The van der Waals surface area contributed by atoms with Gasteiger partial charge in [0.2, 0.25) is 11.7 Å². The quantitative estimate of drug-likeness (QED) is 0.145. The summed E-state index contributed by atoms with van der Waals surface area (Å²) in [5.74, 6) is -8.92. The van der Waals surface area contributed by atoms with Crippen molar-refractivity contribution in [2.24, 2.45) is 11.8 Å². The molecule has 250 valence electrons. The molecule has 15 nitrogen and oxygen atoms in total. The molecule has 47 heavy (non-hydrogen) atoms. The van der Waals surface area contributed by atoms with Gasteiger partial charge in [0.25, 0.3) is 15.9 Å². The predicted octanol–water partition coefficient (Wildman–Crippen LogP) is 0.154. The number of nitrogens with one attached hydrogen (secondary N) is 3. The number of ketones is 2. The van der Waals surface area contributed by atoms with Gasteiger partial charge < -0.3 is 36.2 Å². The molecule has 3 aliphatic rings. The standard InChI is InChI=1S/C31H34N4O11S/c1-14(36)34-47(45,46)16-10-8-15(9-11-16)32-13-33-29(42)23-26(39)24(35(3)4)19-12-18-22(27(40)31(19,44)28(23)41)25(38)21-17(30(18,2)43)6-5-7-20(21)37/h5-11,18-19,24,32,37-38,41,43-44H,12-13H2,1-4H3,(H,33,42)(H,34,36). The lowest BCUT2D eigenvalue weighted by atomic mass is 9.54. The van der Waals surface area contributed by atoms with E-state index in [2.05, 4.69) is 10.6 Å². The molecule has 5 unspecified atom stereocenters. The maximum Gasteiger partial charge on any atom is 0.264 e. The fourth-order valence-electron chi connectivity index (χ4n) is 6.80. The van der Waals surface area contributed by atoms with E-state index in [0.717, 1.165) is 6.92 Å². The number of nitrogens with zero attached hydrogens (tertiary/aromatic N) is 1. The monoisotopic (exact) mass is 670 g/mol. The maximum absolute atomic E-state index is 14.1. The van der Waals surface area contributed by atoms with E-state index in [1.54, 1.807) is 0 Å². The van der Waals surface area contributed by atoms with Gasteiger partial charge in [-0.3, -0.25) is 24.1 Å². The summed E-state index contributed by atoms with van der Waals surface area (Å²) < 4.78 is 26.1. The van der Waals surface area contributed by atoms with E-state index in [1.807, 2.05) is 4.72 Å². The highest BCUT2D eigenvalue weighted by Gasteiger charge is 2.66. The number of phenolic OH excluding ortho intramolecular Hbond substituents is 1. The number of phenols is 1. The molecular formula is C31H34N4O11S. The third-order valence-electron chi connectivity index (χ3n) is 8.99. The summed E-state index contributed by atoms with van der Waals surface area (Å²) in [4.78, 5) is 53.6. The third kappa shape index (κ3) is 5.22. The highest BCUT2D eigenvalue weighted by molar-refractivity contribution is 7.90. The number of benzene rings is 2. The maximum atomic E-state index is 14.1. The molecule has 0 aliphatic heterocycles. The molecule has 16 heteroatoms. The minimum Gasteiger partial charge on any atom is -0.508 e. The van der Waals surface area contributed by atoms with Crippen LogP contribution in [0.5, 0.6) is 5.75 Å². The van der Waals surface area contributed by atoms with Crippen LogP contribution in [0, 0.1) is 11.8 Å². The van der Waals surface area contributed by atoms with Crippen molar-refractivity contribution in [3.8, 4) is 5.75 Å². The zero-order chi connectivity index (χ0) is 34.8. The molecule has 0 heterocycles. The van der Waals surface area contributed by atoms with Gasteiger partial charge in [-0.1, -0.05) is 12.1 Å². The molecule has 3 aliphatic carbocycles. The predicted molar refractivity (Wildman–Crippen MR) is 165 cm³/mol. The summed E-state index contributed by atoms with van der Waals surface area (Å²) in [6.07, 6.45) is -0.271. The molecule has 0 spiro atoms. The molecule has 0 aromatic heterocycles. The lowest BCUT2D eigenvalue weighted by Gasteiger charge is -2.53. The summed E-state index contributed by atoms with van der Waals surface area (Å²) in [7, 11) is -1.10. The summed E-state index contributed by atoms with van der Waals surface area (Å²) in [5, 5.41) is 61.9. The smallest absolute Gasteiger partial charge is 0.264 e. The molecule has 8 N–H and O–H groups in total. The number of hydrogen-bond donors (Lipinski definition) is 8. The highest BCUT2D eigenvalue weighted by atomic mass is 32.2. The number of fused-ring (bicyclic) bond motifs is 3. The van der Waals surface area contributed by atoms with Gasteiger partial charge in [0.05, 0.1) is 28.8 Å². The number of aliphatic hydroxyl groups is 4. The third-order valence-corrected chi connectivity index (χ3v) is 10.4. The Kier molecular flexibility index (Phi) is 8.21. The van der Waals surface area contributed by atoms with Gasteiger partial charge in [0.15, 0.2) is 11.4 Å². The van der Waals surface area contributed by atoms with E-state index in [1.165, 1.54) is 68.4 Å². The van der Waals surface area contributed by atoms with Gasteiger partial charge >= 0.3 is 0 Å². The molecule has 1 saturated carbocycles. The van der Waals surface area contributed by atoms with Crippen LogP contribution >= 0.6 is 0 Å². The Labute approximate surface area is 269 Å². The van der Waals surface area contributed by atoms with Gasteiger partial charge in [-0.25, -0.2) is 13.1 Å². The Morgan fingerprint density at radius 2 is 1.66 bits per heavy atom. The second kappa shape index (κ2) is 11.5. The molecule has 1 fully saturated rings. The van der Waals surface area contributed by atoms with Gasteiger partial charge in [0, 0.05) is 30.0 Å². The number of aliphatic hydroxyl groups excluding tert-OH is 2. The Morgan fingerprint density at radius 1 is 1.02 bits per heavy atom. The highest BCUT2D eigenvalue weighted by Crippen LogP contribution is 2.57. The molecule has 2 amide bonds. The Morgan fingerprint density at radius 3 is 2.26 bits per heavy atom. The number of sulfonamides is 1. The van der Waals surface area contributed by atoms with Gasteiger partial charge in [0.1, 0.15) is 22.8 Å². The number of Topliss-reactive ketones (excluding diaryl/α,β-unsaturated/α-hetero) is 2. The first-order valence-electron chi connectivity index (χ1n) is 14.4. The van der Waals surface area contributed by atoms with Gasteiger partial charge in [-0.2, -0.15) is 0 Å². The number of likely N-dealkylation sites (N-methyl/N-ethyl adjacent to an activating group) is 1. The molecule has 2 aromatic rings. The van der Waals surface area contributed by atoms with Crippen molar-refractivity contribution in [1.29, 1.82) is 0 Å². The molecular weight excluding hydrogens is 636 g/mol. The average Bonchev–Trinajstić information content (AvgIpc) is 2.97. The van der Waals surface area contributed by atoms with E-state index in [0.29, 0.717) is 5.69 Å². The number of amides is 2. The number of aromatic hydroxyl groups is 1. The van der Waals surface area contributed by atoms with E-state index < -0.39 is 90.9 Å². The summed E-state index contributed by atoms with van der Waals surface area (Å²) >= 11 is 0.